The fraction of sp³-hybridized carbons (Fsp3) is 0.250. The molecule has 1 unspecified atom stereocenters. The molecule has 1 atom stereocenters. The number of nitrogen functional groups attached to an aromatic ring is 1. The molecule has 120 valence electrons. The topological polar surface area (TPSA) is 167 Å². The molecule has 2 aliphatic heterocycles. The first kappa shape index (κ1) is 14.9. The number of nitrogens with one attached hydrogen (secondary N) is 1. The third-order valence-electron chi connectivity index (χ3n) is 3.21. The van der Waals surface area contributed by atoms with Gasteiger partial charge >= 0.3 is 17.9 Å². The van der Waals surface area contributed by atoms with Gasteiger partial charge in [-0.05, 0) is 0 Å². The van der Waals surface area contributed by atoms with Crippen molar-refractivity contribution in [3.8, 4) is 17.4 Å². The number of hydrazine groups is 1. The molecule has 3 bridgehead atoms. The van der Waals surface area contributed by atoms with Crippen molar-refractivity contribution < 1.29 is 38.5 Å². The molecule has 3 rings (SSSR count). The van der Waals surface area contributed by atoms with E-state index in [2.05, 4.69) is 4.98 Å². The van der Waals surface area contributed by atoms with E-state index in [0.717, 1.165) is 6.20 Å². The second-order valence-corrected chi connectivity index (χ2v) is 4.83. The van der Waals surface area contributed by atoms with Crippen molar-refractivity contribution in [2.75, 3.05) is 0 Å². The van der Waals surface area contributed by atoms with Crippen LogP contribution >= 0.6 is 0 Å². The van der Waals surface area contributed by atoms with E-state index in [0.29, 0.717) is 0 Å². The van der Waals surface area contributed by atoms with Crippen LogP contribution in [0.5, 0.6) is 17.4 Å². The van der Waals surface area contributed by atoms with Crippen molar-refractivity contribution in [2.45, 2.75) is 18.4 Å². The largest absolute Gasteiger partial charge is 0.424 e. The number of rotatable bonds is 1. The number of ether oxygens (including phenoxy) is 3. The predicted octanol–water partition coefficient (Wildman–Crippen LogP) is -2.06. The van der Waals surface area contributed by atoms with Gasteiger partial charge < -0.3 is 19.3 Å². The van der Waals surface area contributed by atoms with E-state index in [1.54, 1.807) is 5.43 Å². The zero-order chi connectivity index (χ0) is 16.8. The number of amides is 1. The van der Waals surface area contributed by atoms with Gasteiger partial charge in [-0.25, -0.2) is 15.6 Å². The van der Waals surface area contributed by atoms with Crippen LogP contribution in [-0.2, 0) is 14.4 Å². The van der Waals surface area contributed by atoms with E-state index in [1.165, 1.54) is 0 Å². The number of aliphatic hydroxyl groups is 1. The smallest absolute Gasteiger partial charge is 0.344 e. The highest BCUT2D eigenvalue weighted by atomic mass is 16.6. The molecule has 11 heteroatoms. The molecule has 1 aromatic heterocycles. The SMILES string of the molecule is NNC(=O)c1c2cnc3c1OC(=O)C(O)(CC(=O)O2)CC(=O)O3. The summed E-state index contributed by atoms with van der Waals surface area (Å²) in [5.74, 6) is -0.826. The van der Waals surface area contributed by atoms with E-state index >= 15 is 0 Å². The number of fused-ring (bicyclic) bond motifs is 3. The third-order valence-corrected chi connectivity index (χ3v) is 3.21. The first-order chi connectivity index (χ1) is 10.8. The minimum absolute atomic E-state index is 0.369. The van der Waals surface area contributed by atoms with Crippen molar-refractivity contribution in [3.63, 3.8) is 0 Å². The van der Waals surface area contributed by atoms with E-state index in [-0.39, 0.29) is 5.75 Å². The summed E-state index contributed by atoms with van der Waals surface area (Å²) in [4.78, 5) is 51.4. The molecule has 0 saturated heterocycles. The standard InChI is InChI=1S/C12H9N3O8/c13-15-9(18)7-4-3-14-10-8(7)23-11(19)12(20,1-5(16)21-4)2-6(17)22-10/h3,20H,1-2,13H2,(H,15,18). The molecule has 1 amide bonds. The van der Waals surface area contributed by atoms with Crippen LogP contribution in [0.25, 0.3) is 0 Å². The lowest BCUT2D eigenvalue weighted by Gasteiger charge is -2.25. The van der Waals surface area contributed by atoms with Crippen LogP contribution < -0.4 is 25.5 Å². The lowest BCUT2D eigenvalue weighted by molar-refractivity contribution is -0.168. The molecule has 3 heterocycles. The minimum Gasteiger partial charge on any atom is -0.424 e. The normalized spacial score (nSPS) is 22.8. The van der Waals surface area contributed by atoms with Crippen molar-refractivity contribution in [1.82, 2.24) is 10.4 Å². The van der Waals surface area contributed by atoms with E-state index in [1.807, 2.05) is 0 Å². The van der Waals surface area contributed by atoms with Gasteiger partial charge in [0, 0.05) is 0 Å². The first-order valence-corrected chi connectivity index (χ1v) is 6.24. The Kier molecular flexibility index (Phi) is 3.23. The molecule has 23 heavy (non-hydrogen) atoms. The van der Waals surface area contributed by atoms with Crippen molar-refractivity contribution in [2.24, 2.45) is 5.84 Å². The van der Waals surface area contributed by atoms with Crippen LogP contribution in [0.4, 0.5) is 0 Å². The van der Waals surface area contributed by atoms with Crippen LogP contribution in [0, 0.1) is 0 Å². The highest BCUT2D eigenvalue weighted by Crippen LogP contribution is 2.40. The average molecular weight is 323 g/mol. The van der Waals surface area contributed by atoms with Gasteiger partial charge in [0.05, 0.1) is 19.0 Å². The molecule has 4 N–H and O–H groups in total. The average Bonchev–Trinajstić information content (AvgIpc) is 2.48. The summed E-state index contributed by atoms with van der Waals surface area (Å²) in [6.45, 7) is 0. The van der Waals surface area contributed by atoms with Gasteiger partial charge in [-0.15, -0.1) is 0 Å². The summed E-state index contributed by atoms with van der Waals surface area (Å²) in [5.41, 5.74) is -1.19. The van der Waals surface area contributed by atoms with E-state index in [9.17, 15) is 24.3 Å². The Morgan fingerprint density at radius 3 is 2.52 bits per heavy atom. The summed E-state index contributed by atoms with van der Waals surface area (Å²) in [6.07, 6.45) is -0.794. The molecule has 1 aromatic rings. The Hall–Kier alpha value is -3.05. The Bertz CT molecular complexity index is 761. The highest BCUT2D eigenvalue weighted by Gasteiger charge is 2.48. The molecular formula is C12H9N3O8. The van der Waals surface area contributed by atoms with Crippen LogP contribution in [0.1, 0.15) is 23.2 Å². The predicted molar refractivity (Wildman–Crippen MR) is 67.0 cm³/mol. The summed E-state index contributed by atoms with van der Waals surface area (Å²) < 4.78 is 14.7. The lowest BCUT2D eigenvalue weighted by atomic mass is 9.95. The molecule has 0 spiro atoms. The number of carbonyl (C=O) groups excluding carboxylic acids is 4. The van der Waals surface area contributed by atoms with Crippen molar-refractivity contribution in [1.29, 1.82) is 0 Å². The molecule has 0 saturated carbocycles. The van der Waals surface area contributed by atoms with Gasteiger partial charge in [0.2, 0.25) is 5.75 Å². The second kappa shape index (κ2) is 5.00. The molecule has 0 aliphatic carbocycles. The first-order valence-electron chi connectivity index (χ1n) is 6.24. The van der Waals surface area contributed by atoms with Gasteiger partial charge in [-0.1, -0.05) is 0 Å². The summed E-state index contributed by atoms with van der Waals surface area (Å²) in [7, 11) is 0. The molecular weight excluding hydrogens is 314 g/mol. The van der Waals surface area contributed by atoms with Crippen LogP contribution in [0.15, 0.2) is 6.20 Å². The molecule has 0 fully saturated rings. The Balaban J connectivity index is 2.31. The minimum atomic E-state index is -2.49. The van der Waals surface area contributed by atoms with Crippen molar-refractivity contribution >= 4 is 23.8 Å². The zero-order valence-corrected chi connectivity index (χ0v) is 11.3. The Morgan fingerprint density at radius 1 is 1.22 bits per heavy atom. The number of pyridine rings is 1. The highest BCUT2D eigenvalue weighted by molar-refractivity contribution is 6.03. The zero-order valence-electron chi connectivity index (χ0n) is 11.3. The monoisotopic (exact) mass is 323 g/mol. The van der Waals surface area contributed by atoms with Gasteiger partial charge in [0.1, 0.15) is 5.56 Å². The van der Waals surface area contributed by atoms with E-state index < -0.39 is 59.5 Å². The van der Waals surface area contributed by atoms with Crippen LogP contribution in [0.3, 0.4) is 0 Å². The summed E-state index contributed by atoms with van der Waals surface area (Å²) >= 11 is 0. The fourth-order valence-electron chi connectivity index (χ4n) is 2.17. The number of hydrogen-bond donors (Lipinski definition) is 3. The Morgan fingerprint density at radius 2 is 1.87 bits per heavy atom. The second-order valence-electron chi connectivity index (χ2n) is 4.83. The molecule has 2 aliphatic rings. The number of carbonyl (C=O) groups is 4. The van der Waals surface area contributed by atoms with Gasteiger partial charge in [0.15, 0.2) is 11.4 Å². The summed E-state index contributed by atoms with van der Waals surface area (Å²) in [5, 5.41) is 10.3. The maximum atomic E-state index is 12.1. The van der Waals surface area contributed by atoms with Gasteiger partial charge in [0.25, 0.3) is 11.8 Å². The van der Waals surface area contributed by atoms with Gasteiger partial charge in [-0.3, -0.25) is 19.8 Å². The van der Waals surface area contributed by atoms with Crippen LogP contribution in [0.2, 0.25) is 0 Å². The number of aromatic nitrogens is 1. The summed E-state index contributed by atoms with van der Waals surface area (Å²) in [6, 6.07) is 0. The number of hydrogen-bond acceptors (Lipinski definition) is 10. The van der Waals surface area contributed by atoms with Gasteiger partial charge in [-0.2, -0.15) is 0 Å². The quantitative estimate of drug-likeness (QED) is 0.226. The van der Waals surface area contributed by atoms with Crippen molar-refractivity contribution in [3.05, 3.63) is 11.8 Å². The lowest BCUT2D eigenvalue weighted by Crippen LogP contribution is -2.47. The molecule has 0 aromatic carbocycles. The maximum Gasteiger partial charge on any atom is 0.344 e. The maximum absolute atomic E-state index is 12.1. The third kappa shape index (κ3) is 2.37. The number of nitrogens with two attached hydrogens (primary N) is 1. The Labute approximate surface area is 127 Å². The van der Waals surface area contributed by atoms with Crippen LogP contribution in [-0.4, -0.2) is 39.5 Å². The molecule has 11 nitrogen and oxygen atoms in total. The number of nitrogens with zero attached hydrogens (tertiary/aromatic N) is 1. The number of esters is 3. The fourth-order valence-corrected chi connectivity index (χ4v) is 2.17. The molecule has 0 radical (unpaired) electrons. The van der Waals surface area contributed by atoms with E-state index in [4.69, 9.17) is 20.1 Å².